The first-order valence-corrected chi connectivity index (χ1v) is 12.0. The fraction of sp³-hybridized carbons (Fsp3) is 0.440. The maximum absolute atomic E-state index is 11.1. The van der Waals surface area contributed by atoms with Crippen molar-refractivity contribution in [3.63, 3.8) is 0 Å². The molecular weight excluding hydrogens is 420 g/mol. The lowest BCUT2D eigenvalue weighted by atomic mass is 10.1. The molecule has 2 aromatic rings. The zero-order valence-corrected chi connectivity index (χ0v) is 21.8. The molecule has 0 amide bonds. The molecule has 0 spiro atoms. The molecule has 6 nitrogen and oxygen atoms in total. The molecule has 1 fully saturated rings. The van der Waals surface area contributed by atoms with Crippen LogP contribution in [0.1, 0.15) is 57.7 Å². The zero-order valence-electron chi connectivity index (χ0n) is 21.0. The number of aryl methyl sites for hydroxylation is 2. The Morgan fingerprint density at radius 3 is 1.72 bits per heavy atom. The Hall–Kier alpha value is -2.51. The van der Waals surface area contributed by atoms with Crippen molar-refractivity contribution in [1.82, 2.24) is 19.7 Å². The third kappa shape index (κ3) is 11.8. The van der Waals surface area contributed by atoms with Crippen LogP contribution in [0.5, 0.6) is 0 Å². The van der Waals surface area contributed by atoms with Crippen LogP contribution in [0.4, 0.5) is 0 Å². The van der Waals surface area contributed by atoms with Crippen LogP contribution in [0.2, 0.25) is 0 Å². The van der Waals surface area contributed by atoms with Gasteiger partial charge in [0.1, 0.15) is 5.52 Å². The molecule has 0 saturated heterocycles. The lowest BCUT2D eigenvalue weighted by Gasteiger charge is -2.07. The van der Waals surface area contributed by atoms with E-state index in [0.29, 0.717) is 6.04 Å². The second-order valence-corrected chi connectivity index (χ2v) is 9.06. The topological polar surface area (TPSA) is 76.9 Å². The minimum atomic E-state index is -2.94. The molecule has 1 N–H and O–H groups in total. The van der Waals surface area contributed by atoms with Crippen LogP contribution in [-0.4, -0.2) is 34.7 Å². The fourth-order valence-electron chi connectivity index (χ4n) is 2.38. The van der Waals surface area contributed by atoms with E-state index in [1.54, 1.807) is 0 Å². The van der Waals surface area contributed by atoms with Crippen molar-refractivity contribution in [3.8, 4) is 0 Å². The Labute approximate surface area is 196 Å². The Kier molecular flexibility index (Phi) is 19.3. The van der Waals surface area contributed by atoms with E-state index in [1.165, 1.54) is 11.1 Å². The SMILES string of the molecule is C=C.C=C.C=C.C=C.CC(C)NS(=O)(=O)C1CC1.Cc1cc2nnn(C(C)C)c2cc1C. The van der Waals surface area contributed by atoms with E-state index in [-0.39, 0.29) is 11.3 Å². The van der Waals surface area contributed by atoms with Crippen LogP contribution in [0.25, 0.3) is 11.0 Å². The monoisotopic (exact) mass is 464 g/mol. The van der Waals surface area contributed by atoms with Gasteiger partial charge in [0.25, 0.3) is 0 Å². The Morgan fingerprint density at radius 1 is 0.906 bits per heavy atom. The molecule has 1 aliphatic carbocycles. The van der Waals surface area contributed by atoms with Crippen molar-refractivity contribution in [2.75, 3.05) is 0 Å². The summed E-state index contributed by atoms with van der Waals surface area (Å²) in [5, 5.41) is 8.21. The molecule has 1 aromatic heterocycles. The summed E-state index contributed by atoms with van der Waals surface area (Å²) < 4.78 is 26.7. The van der Waals surface area contributed by atoms with Gasteiger partial charge in [-0.25, -0.2) is 17.8 Å². The summed E-state index contributed by atoms with van der Waals surface area (Å²) in [6.45, 7) is 36.1. The van der Waals surface area contributed by atoms with Gasteiger partial charge in [-0.2, -0.15) is 0 Å². The second-order valence-electron chi connectivity index (χ2n) is 7.07. The van der Waals surface area contributed by atoms with Crippen molar-refractivity contribution in [3.05, 3.63) is 75.9 Å². The van der Waals surface area contributed by atoms with Crippen molar-refractivity contribution < 1.29 is 8.42 Å². The second kappa shape index (κ2) is 18.1. The van der Waals surface area contributed by atoms with E-state index in [1.807, 2.05) is 18.5 Å². The Balaban J connectivity index is -0.000000412. The first-order valence-electron chi connectivity index (χ1n) is 10.4. The number of aromatic nitrogens is 3. The average Bonchev–Trinajstić information content (AvgIpc) is 3.57. The molecule has 0 radical (unpaired) electrons. The van der Waals surface area contributed by atoms with E-state index in [9.17, 15) is 8.42 Å². The highest BCUT2D eigenvalue weighted by Crippen LogP contribution is 2.27. The van der Waals surface area contributed by atoms with Gasteiger partial charge in [-0.3, -0.25) is 0 Å². The number of nitrogens with zero attached hydrogens (tertiary/aromatic N) is 3. The molecule has 1 saturated carbocycles. The predicted molar refractivity (Wildman–Crippen MR) is 143 cm³/mol. The van der Waals surface area contributed by atoms with Crippen LogP contribution < -0.4 is 4.72 Å². The number of hydrogen-bond acceptors (Lipinski definition) is 4. The summed E-state index contributed by atoms with van der Waals surface area (Å²) in [6.07, 6.45) is 1.67. The van der Waals surface area contributed by atoms with Crippen molar-refractivity contribution in [2.45, 2.75) is 71.7 Å². The van der Waals surface area contributed by atoms with Gasteiger partial charge in [-0.1, -0.05) is 5.21 Å². The van der Waals surface area contributed by atoms with Crippen LogP contribution in [0, 0.1) is 13.8 Å². The normalized spacial score (nSPS) is 11.8. The molecule has 0 unspecified atom stereocenters. The van der Waals surface area contributed by atoms with Crippen LogP contribution in [0.15, 0.2) is 64.8 Å². The van der Waals surface area contributed by atoms with Crippen molar-refractivity contribution in [2.24, 2.45) is 0 Å². The summed E-state index contributed by atoms with van der Waals surface area (Å²) >= 11 is 0. The molecule has 1 aromatic carbocycles. The lowest BCUT2D eigenvalue weighted by molar-refractivity contribution is 0.530. The molecule has 32 heavy (non-hydrogen) atoms. The molecule has 7 heteroatoms. The minimum Gasteiger partial charge on any atom is -0.242 e. The Bertz CT molecular complexity index is 861. The number of sulfonamides is 1. The van der Waals surface area contributed by atoms with Gasteiger partial charge >= 0.3 is 0 Å². The van der Waals surface area contributed by atoms with E-state index in [2.05, 4.69) is 107 Å². The highest BCUT2D eigenvalue weighted by molar-refractivity contribution is 7.90. The fourth-order valence-corrected chi connectivity index (χ4v) is 3.98. The van der Waals surface area contributed by atoms with E-state index >= 15 is 0 Å². The van der Waals surface area contributed by atoms with Crippen LogP contribution >= 0.6 is 0 Å². The third-order valence-corrected chi connectivity index (χ3v) is 6.09. The summed E-state index contributed by atoms with van der Waals surface area (Å²) in [4.78, 5) is 0. The van der Waals surface area contributed by atoms with Crippen molar-refractivity contribution in [1.29, 1.82) is 0 Å². The molecular formula is C25H44N4O2S. The number of hydrogen-bond donors (Lipinski definition) is 1. The first kappa shape index (κ1) is 34.1. The summed E-state index contributed by atoms with van der Waals surface area (Å²) in [7, 11) is -2.94. The van der Waals surface area contributed by atoms with Gasteiger partial charge in [-0.15, -0.1) is 57.7 Å². The molecule has 1 aliphatic rings. The van der Waals surface area contributed by atoms with Gasteiger partial charge < -0.3 is 0 Å². The molecule has 0 aliphatic heterocycles. The summed E-state index contributed by atoms with van der Waals surface area (Å²) in [6, 6.07) is 4.65. The van der Waals surface area contributed by atoms with Crippen LogP contribution in [0.3, 0.4) is 0 Å². The maximum atomic E-state index is 11.1. The largest absolute Gasteiger partial charge is 0.242 e. The third-order valence-electron chi connectivity index (χ3n) is 3.94. The smallest absolute Gasteiger partial charge is 0.214 e. The van der Waals surface area contributed by atoms with Gasteiger partial charge in [-0.05, 0) is 77.6 Å². The highest BCUT2D eigenvalue weighted by atomic mass is 32.2. The number of nitrogens with one attached hydrogen (secondary N) is 1. The number of rotatable bonds is 4. The van der Waals surface area contributed by atoms with E-state index in [4.69, 9.17) is 0 Å². The summed E-state index contributed by atoms with van der Waals surface area (Å²) in [5.41, 5.74) is 4.68. The molecule has 0 atom stereocenters. The minimum absolute atomic E-state index is 0.0330. The van der Waals surface area contributed by atoms with Crippen molar-refractivity contribution >= 4 is 21.1 Å². The van der Waals surface area contributed by atoms with Gasteiger partial charge in [0, 0.05) is 12.1 Å². The summed E-state index contributed by atoms with van der Waals surface area (Å²) in [5.74, 6) is 0. The average molecular weight is 465 g/mol. The van der Waals surface area contributed by atoms with Crippen LogP contribution in [-0.2, 0) is 10.0 Å². The van der Waals surface area contributed by atoms with E-state index < -0.39 is 10.0 Å². The lowest BCUT2D eigenvalue weighted by Crippen LogP contribution is -2.32. The van der Waals surface area contributed by atoms with Gasteiger partial charge in [0.2, 0.25) is 10.0 Å². The maximum Gasteiger partial charge on any atom is 0.214 e. The molecule has 0 bridgehead atoms. The molecule has 182 valence electrons. The predicted octanol–water partition coefficient (Wildman–Crippen LogP) is 6.31. The Morgan fingerprint density at radius 2 is 1.34 bits per heavy atom. The first-order chi connectivity index (χ1) is 15.1. The van der Waals surface area contributed by atoms with Gasteiger partial charge in [0.05, 0.1) is 10.8 Å². The standard InChI is InChI=1S/C11H15N3.C6H13NO2S.4C2H4/c1-7(2)14-11-6-9(4)8(3)5-10(11)12-13-14;1-5(2)7-10(8,9)6-3-4-6;4*1-2/h5-7H,1-4H3;5-7H,3-4H2,1-2H3;4*1-2H2. The number of fused-ring (bicyclic) bond motifs is 1. The number of benzene rings is 1. The van der Waals surface area contributed by atoms with Gasteiger partial charge in [0.15, 0.2) is 0 Å². The molecule has 3 rings (SSSR count). The molecule has 1 heterocycles. The van der Waals surface area contributed by atoms with E-state index in [0.717, 1.165) is 23.9 Å². The highest BCUT2D eigenvalue weighted by Gasteiger charge is 2.35. The zero-order chi connectivity index (χ0) is 26.1. The quantitative estimate of drug-likeness (QED) is 0.538.